The largest absolute Gasteiger partial charge is 0.472 e. The van der Waals surface area contributed by atoms with Crippen LogP contribution in [0, 0.1) is 0 Å². The number of aliphatic imine (C=N–C) groups is 1. The second kappa shape index (κ2) is 5.62. The lowest BCUT2D eigenvalue weighted by atomic mass is 10.2. The molecule has 92 valence electrons. The topological polar surface area (TPSA) is 56.5 Å². The summed E-state index contributed by atoms with van der Waals surface area (Å²) in [5.74, 6) is 0.522. The predicted molar refractivity (Wildman–Crippen MR) is 69.5 cm³/mol. The Bertz CT molecular complexity index is 603. The summed E-state index contributed by atoms with van der Waals surface area (Å²) in [6.07, 6.45) is 3.32. The number of isocyanates is 1. The molecule has 1 heterocycles. The molecule has 5 nitrogen and oxygen atoms in total. The Morgan fingerprint density at radius 2 is 2.33 bits per heavy atom. The first-order valence-electron chi connectivity index (χ1n) is 5.18. The van der Waals surface area contributed by atoms with Crippen LogP contribution in [0.1, 0.15) is 5.56 Å². The highest BCUT2D eigenvalue weighted by Crippen LogP contribution is 2.27. The van der Waals surface area contributed by atoms with Crippen LogP contribution in [0.4, 0.5) is 5.69 Å². The number of halogens is 1. The highest BCUT2D eigenvalue weighted by Gasteiger charge is 2.08. The maximum Gasteiger partial charge on any atom is 0.240 e. The minimum absolute atomic E-state index is 0.277. The van der Waals surface area contributed by atoms with Gasteiger partial charge in [-0.15, -0.1) is 5.10 Å². The molecule has 18 heavy (non-hydrogen) atoms. The molecule has 6 heteroatoms. The lowest BCUT2D eigenvalue weighted by molar-refractivity contribution is 0.290. The van der Waals surface area contributed by atoms with Crippen LogP contribution in [-0.4, -0.2) is 15.9 Å². The molecule has 0 unspecified atom stereocenters. The maximum absolute atomic E-state index is 10.4. The summed E-state index contributed by atoms with van der Waals surface area (Å²) >= 11 is 3.40. The molecule has 2 rings (SSSR count). The Morgan fingerprint density at radius 1 is 1.50 bits per heavy atom. The summed E-state index contributed by atoms with van der Waals surface area (Å²) < 4.78 is 8.01. The number of benzene rings is 1. The molecule has 1 aromatic carbocycles. The predicted octanol–water partition coefficient (Wildman–Crippen LogP) is 2.73. The molecule has 0 saturated heterocycles. The summed E-state index contributed by atoms with van der Waals surface area (Å²) in [6, 6.07) is 7.15. The lowest BCUT2D eigenvalue weighted by Crippen LogP contribution is -1.98. The van der Waals surface area contributed by atoms with Crippen molar-refractivity contribution in [2.45, 2.75) is 6.61 Å². The first-order chi connectivity index (χ1) is 8.70. The van der Waals surface area contributed by atoms with Crippen molar-refractivity contribution in [3.05, 3.63) is 40.5 Å². The van der Waals surface area contributed by atoms with Crippen LogP contribution in [0.25, 0.3) is 0 Å². The number of ether oxygens (including phenoxy) is 1. The van der Waals surface area contributed by atoms with Crippen molar-refractivity contribution in [3.8, 4) is 5.88 Å². The molecule has 0 spiro atoms. The van der Waals surface area contributed by atoms with Gasteiger partial charge >= 0.3 is 0 Å². The number of carbonyl (C=O) groups excluding carboxylic acids is 1. The highest BCUT2D eigenvalue weighted by atomic mass is 79.9. The van der Waals surface area contributed by atoms with Crippen LogP contribution in [0.15, 0.2) is 39.9 Å². The van der Waals surface area contributed by atoms with E-state index < -0.39 is 0 Å². The van der Waals surface area contributed by atoms with Gasteiger partial charge in [0.25, 0.3) is 0 Å². The molecule has 0 saturated carbocycles. The third-order valence-corrected chi connectivity index (χ3v) is 3.06. The molecule has 0 aliphatic rings. The average Bonchev–Trinajstić information content (AvgIpc) is 2.75. The Labute approximate surface area is 112 Å². The fraction of sp³-hybridized carbons (Fsp3) is 0.167. The smallest absolute Gasteiger partial charge is 0.240 e. The molecule has 2 aromatic rings. The van der Waals surface area contributed by atoms with Gasteiger partial charge in [-0.1, -0.05) is 22.0 Å². The molecule has 0 bridgehead atoms. The highest BCUT2D eigenvalue weighted by molar-refractivity contribution is 9.10. The van der Waals surface area contributed by atoms with Crippen molar-refractivity contribution in [1.29, 1.82) is 0 Å². The van der Waals surface area contributed by atoms with Gasteiger partial charge < -0.3 is 4.74 Å². The third kappa shape index (κ3) is 2.85. The number of hydrogen-bond donors (Lipinski definition) is 0. The van der Waals surface area contributed by atoms with Crippen LogP contribution in [0.5, 0.6) is 5.88 Å². The molecular weight excluding hydrogens is 298 g/mol. The lowest BCUT2D eigenvalue weighted by Gasteiger charge is -2.07. The standard InChI is InChI=1S/C12H10BrN3O2/c1-16-6-5-12(15-16)18-7-9-10(13)3-2-4-11(9)14-8-17/h2-6H,7H2,1H3. The Hall–Kier alpha value is -1.91. The van der Waals surface area contributed by atoms with E-state index in [1.165, 1.54) is 6.08 Å². The molecule has 1 aromatic heterocycles. The van der Waals surface area contributed by atoms with Crippen LogP contribution in [0.3, 0.4) is 0 Å². The van der Waals surface area contributed by atoms with Gasteiger partial charge in [-0.25, -0.2) is 4.79 Å². The van der Waals surface area contributed by atoms with E-state index >= 15 is 0 Å². The van der Waals surface area contributed by atoms with E-state index in [1.807, 2.05) is 13.1 Å². The van der Waals surface area contributed by atoms with Gasteiger partial charge in [0.15, 0.2) is 0 Å². The minimum Gasteiger partial charge on any atom is -0.472 e. The van der Waals surface area contributed by atoms with Gasteiger partial charge in [0.05, 0.1) is 5.69 Å². The zero-order valence-electron chi connectivity index (χ0n) is 9.63. The van der Waals surface area contributed by atoms with Crippen LogP contribution in [0.2, 0.25) is 0 Å². The van der Waals surface area contributed by atoms with Gasteiger partial charge in [0, 0.05) is 29.3 Å². The quantitative estimate of drug-likeness (QED) is 0.644. The second-order valence-corrected chi connectivity index (χ2v) is 4.41. The molecule has 0 radical (unpaired) electrons. The van der Waals surface area contributed by atoms with Gasteiger partial charge in [-0.05, 0) is 12.1 Å². The summed E-state index contributed by atoms with van der Waals surface area (Å²) in [6.45, 7) is 0.277. The summed E-state index contributed by atoms with van der Waals surface area (Å²) in [5, 5.41) is 4.10. The van der Waals surface area contributed by atoms with Crippen molar-refractivity contribution in [3.63, 3.8) is 0 Å². The average molecular weight is 308 g/mol. The Balaban J connectivity index is 2.20. The maximum atomic E-state index is 10.4. The molecule has 0 amide bonds. The van der Waals surface area contributed by atoms with Crippen LogP contribution < -0.4 is 4.74 Å². The van der Waals surface area contributed by atoms with Gasteiger partial charge in [-0.2, -0.15) is 4.99 Å². The SMILES string of the molecule is Cn1ccc(OCc2c(Br)cccc2N=C=O)n1. The van der Waals surface area contributed by atoms with Gasteiger partial charge in [0.1, 0.15) is 6.61 Å². The molecule has 0 atom stereocenters. The zero-order valence-corrected chi connectivity index (χ0v) is 11.2. The molecular formula is C12H10BrN3O2. The normalized spacial score (nSPS) is 9.89. The summed E-state index contributed by atoms with van der Waals surface area (Å²) in [5.41, 5.74) is 1.32. The minimum atomic E-state index is 0.277. The number of aryl methyl sites for hydroxylation is 1. The fourth-order valence-electron chi connectivity index (χ4n) is 1.46. The van der Waals surface area contributed by atoms with E-state index in [1.54, 1.807) is 29.1 Å². The third-order valence-electron chi connectivity index (χ3n) is 2.31. The van der Waals surface area contributed by atoms with E-state index in [4.69, 9.17) is 4.74 Å². The first-order valence-corrected chi connectivity index (χ1v) is 5.97. The molecule has 0 N–H and O–H groups in total. The summed E-state index contributed by atoms with van der Waals surface area (Å²) in [7, 11) is 1.81. The van der Waals surface area contributed by atoms with Gasteiger partial charge in [0.2, 0.25) is 12.0 Å². The van der Waals surface area contributed by atoms with Crippen molar-refractivity contribution < 1.29 is 9.53 Å². The van der Waals surface area contributed by atoms with E-state index in [0.717, 1.165) is 10.0 Å². The number of rotatable bonds is 4. The molecule has 0 fully saturated rings. The van der Waals surface area contributed by atoms with Crippen molar-refractivity contribution in [1.82, 2.24) is 9.78 Å². The van der Waals surface area contributed by atoms with E-state index in [2.05, 4.69) is 26.0 Å². The van der Waals surface area contributed by atoms with Crippen molar-refractivity contribution >= 4 is 27.7 Å². The molecule has 0 aliphatic carbocycles. The fourth-order valence-corrected chi connectivity index (χ4v) is 1.93. The van der Waals surface area contributed by atoms with Crippen LogP contribution >= 0.6 is 15.9 Å². The summed E-state index contributed by atoms with van der Waals surface area (Å²) in [4.78, 5) is 14.0. The Morgan fingerprint density at radius 3 is 3.00 bits per heavy atom. The first kappa shape index (κ1) is 12.5. The number of aromatic nitrogens is 2. The van der Waals surface area contributed by atoms with Gasteiger partial charge in [-0.3, -0.25) is 4.68 Å². The van der Waals surface area contributed by atoms with Crippen LogP contribution in [-0.2, 0) is 18.4 Å². The monoisotopic (exact) mass is 307 g/mol. The zero-order chi connectivity index (χ0) is 13.0. The number of hydrogen-bond acceptors (Lipinski definition) is 4. The van der Waals surface area contributed by atoms with E-state index in [0.29, 0.717) is 11.6 Å². The number of nitrogens with zero attached hydrogens (tertiary/aromatic N) is 3. The Kier molecular flexibility index (Phi) is 3.92. The van der Waals surface area contributed by atoms with Crippen molar-refractivity contribution in [2.75, 3.05) is 0 Å². The molecule has 0 aliphatic heterocycles. The van der Waals surface area contributed by atoms with E-state index in [9.17, 15) is 4.79 Å². The van der Waals surface area contributed by atoms with Crippen molar-refractivity contribution in [2.24, 2.45) is 12.0 Å². The second-order valence-electron chi connectivity index (χ2n) is 3.56. The van der Waals surface area contributed by atoms with E-state index in [-0.39, 0.29) is 6.61 Å².